The molecule has 0 fully saturated rings. The minimum atomic E-state index is 0.709. The van der Waals surface area contributed by atoms with Crippen molar-refractivity contribution in [3.63, 3.8) is 0 Å². The summed E-state index contributed by atoms with van der Waals surface area (Å²) >= 11 is 5.46. The molecule has 110 valence electrons. The molecule has 6 heteroatoms. The maximum Gasteiger partial charge on any atom is 0.178 e. The standard InChI is InChI=1S/C15H18N4OS/c1-9-12(10(2)18(3)17-9)8-19-14-6-5-11(20-4)7-13(14)16-15(19)21/h5-7H,8H2,1-4H3,(H,16,21). The molecule has 3 rings (SSSR count). The number of aromatic nitrogens is 4. The van der Waals surface area contributed by atoms with Crippen molar-refractivity contribution in [1.82, 2.24) is 19.3 Å². The molecule has 0 aliphatic rings. The van der Waals surface area contributed by atoms with E-state index in [0.29, 0.717) is 4.77 Å². The summed E-state index contributed by atoms with van der Waals surface area (Å²) < 4.78 is 9.97. The van der Waals surface area contributed by atoms with E-state index in [1.54, 1.807) is 7.11 Å². The molecule has 5 nitrogen and oxygen atoms in total. The molecule has 0 amide bonds. The summed E-state index contributed by atoms with van der Waals surface area (Å²) in [4.78, 5) is 3.24. The van der Waals surface area contributed by atoms with Gasteiger partial charge in [-0.05, 0) is 38.2 Å². The van der Waals surface area contributed by atoms with Crippen molar-refractivity contribution in [3.8, 4) is 5.75 Å². The molecule has 1 N–H and O–H groups in total. The number of benzene rings is 1. The molecule has 0 spiro atoms. The minimum Gasteiger partial charge on any atom is -0.497 e. The van der Waals surface area contributed by atoms with Crippen molar-refractivity contribution < 1.29 is 4.74 Å². The Kier molecular flexibility index (Phi) is 3.33. The highest BCUT2D eigenvalue weighted by Gasteiger charge is 2.13. The number of H-pyrrole nitrogens is 1. The van der Waals surface area contributed by atoms with Gasteiger partial charge in [-0.3, -0.25) is 4.68 Å². The van der Waals surface area contributed by atoms with Gasteiger partial charge < -0.3 is 14.3 Å². The third-order valence-corrected chi connectivity index (χ3v) is 4.28. The molecular weight excluding hydrogens is 284 g/mol. The molecule has 0 saturated carbocycles. The summed E-state index contributed by atoms with van der Waals surface area (Å²) in [6, 6.07) is 5.94. The quantitative estimate of drug-likeness (QED) is 0.756. The van der Waals surface area contributed by atoms with Gasteiger partial charge in [-0.15, -0.1) is 0 Å². The molecule has 0 saturated heterocycles. The van der Waals surface area contributed by atoms with Crippen LogP contribution in [-0.4, -0.2) is 26.4 Å². The largest absolute Gasteiger partial charge is 0.497 e. The lowest BCUT2D eigenvalue weighted by molar-refractivity contribution is 0.415. The second-order valence-corrected chi connectivity index (χ2v) is 5.56. The number of aromatic amines is 1. The lowest BCUT2D eigenvalue weighted by Crippen LogP contribution is -2.02. The summed E-state index contributed by atoms with van der Waals surface area (Å²) in [6.07, 6.45) is 0. The van der Waals surface area contributed by atoms with Crippen LogP contribution in [0.4, 0.5) is 0 Å². The van der Waals surface area contributed by atoms with Gasteiger partial charge in [0.05, 0.1) is 30.4 Å². The Labute approximate surface area is 128 Å². The summed E-state index contributed by atoms with van der Waals surface area (Å²) in [5.41, 5.74) is 5.48. The topological polar surface area (TPSA) is 47.8 Å². The van der Waals surface area contributed by atoms with Crippen molar-refractivity contribution in [2.75, 3.05) is 7.11 Å². The van der Waals surface area contributed by atoms with E-state index in [0.717, 1.165) is 34.7 Å². The number of imidazole rings is 1. The first-order valence-electron chi connectivity index (χ1n) is 6.77. The summed E-state index contributed by atoms with van der Waals surface area (Å²) in [5, 5.41) is 4.47. The second-order valence-electron chi connectivity index (χ2n) is 5.17. The van der Waals surface area contributed by atoms with Gasteiger partial charge in [-0.1, -0.05) is 0 Å². The number of hydrogen-bond acceptors (Lipinski definition) is 3. The van der Waals surface area contributed by atoms with E-state index < -0.39 is 0 Å². The SMILES string of the molecule is COc1ccc2c(c1)[nH]c(=S)n2Cc1c(C)nn(C)c1C. The van der Waals surface area contributed by atoms with Crippen molar-refractivity contribution in [2.24, 2.45) is 7.05 Å². The number of rotatable bonds is 3. The van der Waals surface area contributed by atoms with Gasteiger partial charge in [0.15, 0.2) is 4.77 Å². The number of methoxy groups -OCH3 is 1. The van der Waals surface area contributed by atoms with Gasteiger partial charge in [0.25, 0.3) is 0 Å². The zero-order valence-corrected chi connectivity index (χ0v) is 13.4. The van der Waals surface area contributed by atoms with Crippen molar-refractivity contribution in [1.29, 1.82) is 0 Å². The number of aryl methyl sites for hydroxylation is 2. The lowest BCUT2D eigenvalue weighted by Gasteiger charge is -2.06. The van der Waals surface area contributed by atoms with E-state index in [9.17, 15) is 0 Å². The first-order chi connectivity index (χ1) is 10.0. The maximum atomic E-state index is 5.46. The molecule has 0 radical (unpaired) electrons. The summed E-state index contributed by atoms with van der Waals surface area (Å²) in [5.74, 6) is 0.819. The van der Waals surface area contributed by atoms with Gasteiger partial charge in [0.2, 0.25) is 0 Å². The Morgan fingerprint density at radius 2 is 2.10 bits per heavy atom. The predicted molar refractivity (Wildman–Crippen MR) is 85.5 cm³/mol. The molecule has 0 bridgehead atoms. The van der Waals surface area contributed by atoms with Crippen molar-refractivity contribution >= 4 is 23.3 Å². The Morgan fingerprint density at radius 3 is 2.71 bits per heavy atom. The summed E-state index contributed by atoms with van der Waals surface area (Å²) in [7, 11) is 3.63. The monoisotopic (exact) mass is 302 g/mol. The first-order valence-corrected chi connectivity index (χ1v) is 7.17. The van der Waals surface area contributed by atoms with E-state index in [4.69, 9.17) is 17.0 Å². The molecule has 0 unspecified atom stereocenters. The van der Waals surface area contributed by atoms with Gasteiger partial charge in [0, 0.05) is 24.4 Å². The zero-order valence-electron chi connectivity index (χ0n) is 12.6. The molecule has 2 heterocycles. The highest BCUT2D eigenvalue weighted by Crippen LogP contribution is 2.22. The third-order valence-electron chi connectivity index (χ3n) is 3.96. The molecule has 0 atom stereocenters. The fourth-order valence-corrected chi connectivity index (χ4v) is 2.90. The Balaban J connectivity index is 2.12. The second kappa shape index (κ2) is 5.04. The van der Waals surface area contributed by atoms with E-state index in [-0.39, 0.29) is 0 Å². The lowest BCUT2D eigenvalue weighted by atomic mass is 10.2. The molecule has 0 aliphatic carbocycles. The van der Waals surface area contributed by atoms with E-state index >= 15 is 0 Å². The van der Waals surface area contributed by atoms with E-state index in [1.165, 1.54) is 5.56 Å². The average molecular weight is 302 g/mol. The molecule has 2 aromatic heterocycles. The van der Waals surface area contributed by atoms with Gasteiger partial charge >= 0.3 is 0 Å². The van der Waals surface area contributed by atoms with Crippen LogP contribution in [0.25, 0.3) is 11.0 Å². The third kappa shape index (κ3) is 2.25. The average Bonchev–Trinajstić information content (AvgIpc) is 2.89. The number of ether oxygens (including phenoxy) is 1. The first kappa shape index (κ1) is 13.9. The van der Waals surface area contributed by atoms with Crippen LogP contribution in [0.2, 0.25) is 0 Å². The fourth-order valence-electron chi connectivity index (χ4n) is 2.63. The minimum absolute atomic E-state index is 0.709. The molecular formula is C15H18N4OS. The van der Waals surface area contributed by atoms with Crippen LogP contribution in [0.5, 0.6) is 5.75 Å². The number of nitrogens with one attached hydrogen (secondary N) is 1. The Morgan fingerprint density at radius 1 is 1.33 bits per heavy atom. The number of nitrogens with zero attached hydrogens (tertiary/aromatic N) is 3. The van der Waals surface area contributed by atoms with Crippen LogP contribution in [-0.2, 0) is 13.6 Å². The van der Waals surface area contributed by atoms with Crippen LogP contribution in [0.15, 0.2) is 18.2 Å². The van der Waals surface area contributed by atoms with Crippen molar-refractivity contribution in [3.05, 3.63) is 39.9 Å². The van der Waals surface area contributed by atoms with Crippen LogP contribution < -0.4 is 4.74 Å². The van der Waals surface area contributed by atoms with E-state index in [2.05, 4.69) is 21.6 Å². The molecule has 0 aliphatic heterocycles. The summed E-state index contributed by atoms with van der Waals surface area (Å²) in [6.45, 7) is 4.83. The predicted octanol–water partition coefficient (Wildman–Crippen LogP) is 3.11. The Bertz CT molecular complexity index is 872. The van der Waals surface area contributed by atoms with Crippen molar-refractivity contribution in [2.45, 2.75) is 20.4 Å². The van der Waals surface area contributed by atoms with Crippen LogP contribution in [0, 0.1) is 18.6 Å². The van der Waals surface area contributed by atoms with Gasteiger partial charge in [-0.25, -0.2) is 0 Å². The van der Waals surface area contributed by atoms with Crippen LogP contribution in [0.1, 0.15) is 17.0 Å². The molecule has 21 heavy (non-hydrogen) atoms. The number of fused-ring (bicyclic) bond motifs is 1. The Hall–Kier alpha value is -2.08. The van der Waals surface area contributed by atoms with Crippen LogP contribution in [0.3, 0.4) is 0 Å². The molecule has 3 aromatic rings. The smallest absolute Gasteiger partial charge is 0.178 e. The zero-order chi connectivity index (χ0) is 15.1. The normalized spacial score (nSPS) is 11.2. The van der Waals surface area contributed by atoms with E-state index in [1.807, 2.05) is 36.9 Å². The highest BCUT2D eigenvalue weighted by molar-refractivity contribution is 7.71. The highest BCUT2D eigenvalue weighted by atomic mass is 32.1. The number of hydrogen-bond donors (Lipinski definition) is 1. The van der Waals surface area contributed by atoms with Gasteiger partial charge in [0.1, 0.15) is 5.75 Å². The molecule has 1 aromatic carbocycles. The fraction of sp³-hybridized carbons (Fsp3) is 0.333. The van der Waals surface area contributed by atoms with Gasteiger partial charge in [-0.2, -0.15) is 5.10 Å². The van der Waals surface area contributed by atoms with Crippen LogP contribution >= 0.6 is 12.2 Å². The maximum absolute atomic E-state index is 5.46.